The molecule has 0 aliphatic carbocycles. The summed E-state index contributed by atoms with van der Waals surface area (Å²) < 4.78 is 6.77. The molecule has 190 valence electrons. The zero-order valence-corrected chi connectivity index (χ0v) is 22.8. The molecule has 0 heterocycles. The van der Waals surface area contributed by atoms with E-state index in [1.165, 1.54) is 0 Å². The van der Waals surface area contributed by atoms with Crippen LogP contribution in [0, 0.1) is 0 Å². The molecule has 37 heavy (non-hydrogen) atoms. The van der Waals surface area contributed by atoms with E-state index in [2.05, 4.69) is 21.2 Å². The molecule has 0 bridgehead atoms. The van der Waals surface area contributed by atoms with Gasteiger partial charge in [-0.3, -0.25) is 9.59 Å². The van der Waals surface area contributed by atoms with Crippen LogP contribution in [-0.4, -0.2) is 35.9 Å². The highest BCUT2D eigenvalue weighted by Crippen LogP contribution is 2.33. The highest BCUT2D eigenvalue weighted by Gasteiger charge is 2.31. The molecule has 4 aromatic carbocycles. The monoisotopic (exact) mass is 578 g/mol. The van der Waals surface area contributed by atoms with Gasteiger partial charge in [0.2, 0.25) is 5.91 Å². The summed E-state index contributed by atoms with van der Waals surface area (Å²) in [5, 5.41) is 5.48. The number of fused-ring (bicyclic) bond motifs is 1. The molecule has 0 aromatic heterocycles. The predicted octanol–water partition coefficient (Wildman–Crippen LogP) is 6.41. The van der Waals surface area contributed by atoms with Crippen molar-refractivity contribution in [2.24, 2.45) is 0 Å². The molecule has 5 nitrogen and oxygen atoms in total. The lowest BCUT2D eigenvalue weighted by atomic mass is 10.0. The topological polar surface area (TPSA) is 58.6 Å². The fourth-order valence-corrected chi connectivity index (χ4v) is 5.01. The van der Waals surface area contributed by atoms with Crippen LogP contribution in [0.4, 0.5) is 0 Å². The normalized spacial score (nSPS) is 11.6. The van der Waals surface area contributed by atoms with Crippen LogP contribution in [0.25, 0.3) is 10.8 Å². The van der Waals surface area contributed by atoms with Gasteiger partial charge in [-0.1, -0.05) is 90.5 Å². The van der Waals surface area contributed by atoms with Crippen LogP contribution in [0.1, 0.15) is 18.1 Å². The Bertz CT molecular complexity index is 1380. The van der Waals surface area contributed by atoms with E-state index in [4.69, 9.17) is 16.3 Å². The van der Waals surface area contributed by atoms with Gasteiger partial charge >= 0.3 is 0 Å². The van der Waals surface area contributed by atoms with Gasteiger partial charge in [0.15, 0.2) is 6.61 Å². The van der Waals surface area contributed by atoms with Crippen molar-refractivity contribution in [1.82, 2.24) is 10.2 Å². The molecule has 0 aliphatic rings. The Morgan fingerprint density at radius 1 is 0.946 bits per heavy atom. The zero-order chi connectivity index (χ0) is 26.2. The number of benzene rings is 4. The summed E-state index contributed by atoms with van der Waals surface area (Å²) in [4.78, 5) is 28.5. The van der Waals surface area contributed by atoms with Gasteiger partial charge in [0.25, 0.3) is 5.91 Å². The molecule has 0 radical (unpaired) electrons. The van der Waals surface area contributed by atoms with Crippen LogP contribution in [0.2, 0.25) is 5.02 Å². The van der Waals surface area contributed by atoms with E-state index in [-0.39, 0.29) is 25.0 Å². The number of nitrogens with zero attached hydrogens (tertiary/aromatic N) is 1. The largest absolute Gasteiger partial charge is 0.483 e. The van der Waals surface area contributed by atoms with Crippen LogP contribution in [-0.2, 0) is 22.6 Å². The number of likely N-dealkylation sites (N-methyl/N-ethyl adjacent to an activating group) is 1. The second-order valence-electron chi connectivity index (χ2n) is 8.60. The summed E-state index contributed by atoms with van der Waals surface area (Å²) in [6, 6.07) is 28.0. The van der Waals surface area contributed by atoms with E-state index in [1.807, 2.05) is 91.9 Å². The molecule has 7 heteroatoms. The lowest BCUT2D eigenvalue weighted by Crippen LogP contribution is -2.51. The van der Waals surface area contributed by atoms with Gasteiger partial charge in [0.1, 0.15) is 11.8 Å². The standard InChI is InChI=1S/C30H28BrClN2O3/c1-2-33-30(36)26(18-21-10-4-3-5-11-21)34(19-23-13-7-9-15-25(23)32)28(35)20-37-27-17-16-22-12-6-8-14-24(22)29(27)31/h3-17,26H,2,18-20H2,1H3,(H,33,36)/t26-/m1/s1. The molecule has 0 spiro atoms. The van der Waals surface area contributed by atoms with Crippen molar-refractivity contribution >= 4 is 50.1 Å². The number of amides is 2. The highest BCUT2D eigenvalue weighted by molar-refractivity contribution is 9.10. The summed E-state index contributed by atoms with van der Waals surface area (Å²) in [6.45, 7) is 2.26. The molecule has 4 rings (SSSR count). The number of hydrogen-bond donors (Lipinski definition) is 1. The number of nitrogens with one attached hydrogen (secondary N) is 1. The molecule has 0 unspecified atom stereocenters. The molecule has 0 saturated heterocycles. The Balaban J connectivity index is 1.63. The minimum Gasteiger partial charge on any atom is -0.483 e. The third-order valence-corrected chi connectivity index (χ3v) is 7.29. The van der Waals surface area contributed by atoms with E-state index in [9.17, 15) is 9.59 Å². The molecule has 0 fully saturated rings. The van der Waals surface area contributed by atoms with Gasteiger partial charge < -0.3 is 15.0 Å². The van der Waals surface area contributed by atoms with E-state index >= 15 is 0 Å². The first-order valence-corrected chi connectivity index (χ1v) is 13.3. The van der Waals surface area contributed by atoms with Gasteiger partial charge in [-0.2, -0.15) is 0 Å². The van der Waals surface area contributed by atoms with Crippen molar-refractivity contribution in [1.29, 1.82) is 0 Å². The van der Waals surface area contributed by atoms with Gasteiger partial charge in [0.05, 0.1) is 4.47 Å². The Morgan fingerprint density at radius 3 is 2.41 bits per heavy atom. The maximum Gasteiger partial charge on any atom is 0.261 e. The number of rotatable bonds is 10. The van der Waals surface area contributed by atoms with Gasteiger partial charge in [-0.15, -0.1) is 0 Å². The summed E-state index contributed by atoms with van der Waals surface area (Å²) in [7, 11) is 0. The number of ether oxygens (including phenoxy) is 1. The first kappa shape index (κ1) is 26.7. The average molecular weight is 580 g/mol. The first-order valence-electron chi connectivity index (χ1n) is 12.1. The summed E-state index contributed by atoms with van der Waals surface area (Å²) in [5.41, 5.74) is 1.71. The number of carbonyl (C=O) groups excluding carboxylic acids is 2. The maximum atomic E-state index is 13.7. The van der Waals surface area contributed by atoms with Crippen LogP contribution < -0.4 is 10.1 Å². The molecule has 0 aliphatic heterocycles. The molecule has 0 saturated carbocycles. The van der Waals surface area contributed by atoms with Crippen LogP contribution in [0.15, 0.2) is 95.5 Å². The smallest absolute Gasteiger partial charge is 0.261 e. The Kier molecular flexibility index (Phi) is 9.20. The fraction of sp³-hybridized carbons (Fsp3) is 0.200. The second kappa shape index (κ2) is 12.7. The molecular formula is C30H28BrClN2O3. The van der Waals surface area contributed by atoms with Crippen LogP contribution >= 0.6 is 27.5 Å². The van der Waals surface area contributed by atoms with Crippen molar-refractivity contribution in [2.75, 3.05) is 13.2 Å². The third kappa shape index (κ3) is 6.70. The van der Waals surface area contributed by atoms with Gasteiger partial charge in [0, 0.05) is 24.5 Å². The molecule has 2 amide bonds. The number of halogens is 2. The fourth-order valence-electron chi connectivity index (χ4n) is 4.20. The molecule has 1 atom stereocenters. The number of carbonyl (C=O) groups is 2. The lowest BCUT2D eigenvalue weighted by molar-refractivity contribution is -0.142. The first-order chi connectivity index (χ1) is 18.0. The molecule has 1 N–H and O–H groups in total. The van der Waals surface area contributed by atoms with Crippen LogP contribution in [0.3, 0.4) is 0 Å². The van der Waals surface area contributed by atoms with Gasteiger partial charge in [-0.05, 0) is 56.9 Å². The minimum atomic E-state index is -0.741. The minimum absolute atomic E-state index is 0.176. The summed E-state index contributed by atoms with van der Waals surface area (Å²) in [5.74, 6) is 0.0215. The van der Waals surface area contributed by atoms with Crippen molar-refractivity contribution in [3.8, 4) is 5.75 Å². The van der Waals surface area contributed by atoms with Crippen molar-refractivity contribution in [2.45, 2.75) is 25.9 Å². The summed E-state index contributed by atoms with van der Waals surface area (Å²) >= 11 is 10.1. The van der Waals surface area contributed by atoms with E-state index in [1.54, 1.807) is 11.0 Å². The predicted molar refractivity (Wildman–Crippen MR) is 152 cm³/mol. The Hall–Kier alpha value is -3.35. The van der Waals surface area contributed by atoms with Crippen molar-refractivity contribution in [3.05, 3.63) is 112 Å². The molecule has 4 aromatic rings. The Morgan fingerprint density at radius 2 is 1.65 bits per heavy atom. The zero-order valence-electron chi connectivity index (χ0n) is 20.5. The van der Waals surface area contributed by atoms with E-state index in [0.29, 0.717) is 23.7 Å². The molecular weight excluding hydrogens is 552 g/mol. The third-order valence-electron chi connectivity index (χ3n) is 6.10. The van der Waals surface area contributed by atoms with Crippen LogP contribution in [0.5, 0.6) is 5.75 Å². The lowest BCUT2D eigenvalue weighted by Gasteiger charge is -2.31. The maximum absolute atomic E-state index is 13.7. The summed E-state index contributed by atoms with van der Waals surface area (Å²) in [6.07, 6.45) is 0.364. The van der Waals surface area contributed by atoms with E-state index in [0.717, 1.165) is 26.4 Å². The SMILES string of the molecule is CCNC(=O)[C@@H](Cc1ccccc1)N(Cc1ccccc1Cl)C(=O)COc1ccc2ccccc2c1Br. The second-order valence-corrected chi connectivity index (χ2v) is 9.80. The average Bonchev–Trinajstić information content (AvgIpc) is 2.92. The Labute approximate surface area is 230 Å². The quantitative estimate of drug-likeness (QED) is 0.236. The highest BCUT2D eigenvalue weighted by atomic mass is 79.9. The van der Waals surface area contributed by atoms with Crippen molar-refractivity contribution in [3.63, 3.8) is 0 Å². The van der Waals surface area contributed by atoms with E-state index < -0.39 is 6.04 Å². The van der Waals surface area contributed by atoms with Crippen molar-refractivity contribution < 1.29 is 14.3 Å². The number of hydrogen-bond acceptors (Lipinski definition) is 3. The van der Waals surface area contributed by atoms with Gasteiger partial charge in [-0.25, -0.2) is 0 Å².